The minimum Gasteiger partial charge on any atom is -0.256 e. The molecule has 0 unspecified atom stereocenters. The van der Waals surface area contributed by atoms with Gasteiger partial charge < -0.3 is 0 Å². The van der Waals surface area contributed by atoms with Crippen LogP contribution in [0.3, 0.4) is 0 Å². The summed E-state index contributed by atoms with van der Waals surface area (Å²) in [6, 6.07) is 21.6. The lowest BCUT2D eigenvalue weighted by molar-refractivity contribution is 0.495. The first kappa shape index (κ1) is 21.5. The zero-order valence-electron chi connectivity index (χ0n) is 16.1. The Labute approximate surface area is 185 Å². The molecule has 0 radical (unpaired) electrons. The number of hydrogen-bond donors (Lipinski definition) is 0. The smallest absolute Gasteiger partial charge is 0.256 e. The second-order valence-electron chi connectivity index (χ2n) is 6.67. The number of rotatable bonds is 6. The van der Waals surface area contributed by atoms with Gasteiger partial charge in [-0.25, -0.2) is 16.8 Å². The third-order valence-electron chi connectivity index (χ3n) is 4.72. The highest BCUT2D eigenvalue weighted by Crippen LogP contribution is 2.30. The number of pyridine rings is 1. The molecule has 0 spiro atoms. The van der Waals surface area contributed by atoms with Crippen molar-refractivity contribution in [3.05, 3.63) is 102 Å². The molecule has 0 saturated heterocycles. The lowest BCUT2D eigenvalue weighted by Gasteiger charge is -2.23. The maximum absolute atomic E-state index is 13.5. The summed E-state index contributed by atoms with van der Waals surface area (Å²) in [7, 11) is -8.80. The van der Waals surface area contributed by atoms with Crippen molar-refractivity contribution in [1.29, 1.82) is 0 Å². The first-order valence-corrected chi connectivity index (χ1v) is 12.5. The highest BCUT2D eigenvalue weighted by atomic mass is 35.5. The fourth-order valence-electron chi connectivity index (χ4n) is 3.18. The molecular weight excluding hydrogens is 456 g/mol. The number of sulfonamides is 2. The standard InChI is InChI=1S/C22H17ClN2O4S2/c23-21-14-13-17(22-20(21)12-7-15-24-22)16-25(30(26,27)18-8-3-1-4-9-18)31(28,29)19-10-5-2-6-11-19/h1-15H,16H2. The number of benzene rings is 3. The van der Waals surface area contributed by atoms with Gasteiger partial charge in [0.1, 0.15) is 0 Å². The maximum Gasteiger partial charge on any atom is 0.256 e. The van der Waals surface area contributed by atoms with E-state index >= 15 is 0 Å². The van der Waals surface area contributed by atoms with Crippen molar-refractivity contribution in [2.45, 2.75) is 16.3 Å². The van der Waals surface area contributed by atoms with Crippen LogP contribution in [-0.2, 0) is 26.6 Å². The van der Waals surface area contributed by atoms with Crippen molar-refractivity contribution < 1.29 is 16.8 Å². The largest absolute Gasteiger partial charge is 0.256 e. The van der Waals surface area contributed by atoms with Crippen LogP contribution in [0.2, 0.25) is 5.02 Å². The van der Waals surface area contributed by atoms with Gasteiger partial charge in [0.25, 0.3) is 20.0 Å². The fraction of sp³-hybridized carbons (Fsp3) is 0.0455. The highest BCUT2D eigenvalue weighted by molar-refractivity contribution is 8.04. The van der Waals surface area contributed by atoms with Crippen LogP contribution in [0.25, 0.3) is 10.9 Å². The number of halogens is 1. The van der Waals surface area contributed by atoms with Gasteiger partial charge in [-0.15, -0.1) is 0 Å². The number of hydrogen-bond acceptors (Lipinski definition) is 5. The van der Waals surface area contributed by atoms with E-state index in [1.807, 2.05) is 0 Å². The predicted octanol–water partition coefficient (Wildman–Crippen LogP) is 4.47. The van der Waals surface area contributed by atoms with Crippen molar-refractivity contribution in [3.63, 3.8) is 0 Å². The second-order valence-corrected chi connectivity index (χ2v) is 11.0. The minimum absolute atomic E-state index is 0.124. The van der Waals surface area contributed by atoms with E-state index in [1.165, 1.54) is 24.3 Å². The average Bonchev–Trinajstić information content (AvgIpc) is 2.80. The Balaban J connectivity index is 1.92. The first-order valence-electron chi connectivity index (χ1n) is 9.22. The van der Waals surface area contributed by atoms with Gasteiger partial charge >= 0.3 is 0 Å². The number of nitrogens with zero attached hydrogens (tertiary/aromatic N) is 2. The Hall–Kier alpha value is -2.78. The van der Waals surface area contributed by atoms with Gasteiger partial charge in [-0.1, -0.05) is 57.8 Å². The molecule has 0 aliphatic heterocycles. The summed E-state index contributed by atoms with van der Waals surface area (Å²) in [6.07, 6.45) is 1.55. The molecule has 1 aromatic heterocycles. The minimum atomic E-state index is -4.40. The zero-order valence-corrected chi connectivity index (χ0v) is 18.5. The fourth-order valence-corrected chi connectivity index (χ4v) is 7.04. The Morgan fingerprint density at radius 2 is 1.26 bits per heavy atom. The summed E-state index contributed by atoms with van der Waals surface area (Å²) >= 11 is 6.25. The van der Waals surface area contributed by atoms with Crippen molar-refractivity contribution in [2.24, 2.45) is 0 Å². The SMILES string of the molecule is O=S(=O)(c1ccccc1)N(Cc1ccc(Cl)c2cccnc12)S(=O)(=O)c1ccccc1. The molecule has 0 amide bonds. The van der Waals surface area contributed by atoms with Crippen molar-refractivity contribution in [3.8, 4) is 0 Å². The van der Waals surface area contributed by atoms with Crippen LogP contribution in [0.4, 0.5) is 0 Å². The van der Waals surface area contributed by atoms with Gasteiger partial charge in [0.15, 0.2) is 0 Å². The van der Waals surface area contributed by atoms with Crippen LogP contribution >= 0.6 is 11.6 Å². The van der Waals surface area contributed by atoms with E-state index in [2.05, 4.69) is 4.98 Å². The molecule has 0 bridgehead atoms. The lowest BCUT2D eigenvalue weighted by atomic mass is 10.1. The summed E-state index contributed by atoms with van der Waals surface area (Å²) in [5, 5.41) is 1.05. The highest BCUT2D eigenvalue weighted by Gasteiger charge is 2.37. The molecule has 0 N–H and O–H groups in total. The Kier molecular flexibility index (Phi) is 5.81. The van der Waals surface area contributed by atoms with Crippen molar-refractivity contribution >= 4 is 42.6 Å². The molecule has 1 heterocycles. The normalized spacial score (nSPS) is 12.3. The first-order chi connectivity index (χ1) is 14.8. The van der Waals surface area contributed by atoms with Gasteiger partial charge in [0.2, 0.25) is 0 Å². The van der Waals surface area contributed by atoms with Gasteiger partial charge in [0.05, 0.1) is 21.9 Å². The van der Waals surface area contributed by atoms with E-state index in [0.717, 1.165) is 0 Å². The summed E-state index contributed by atoms with van der Waals surface area (Å²) in [5.41, 5.74) is 0.852. The van der Waals surface area contributed by atoms with Gasteiger partial charge in [0, 0.05) is 16.6 Å². The summed E-state index contributed by atoms with van der Waals surface area (Å²) in [5.74, 6) is 0. The van der Waals surface area contributed by atoms with E-state index in [-0.39, 0.29) is 9.79 Å². The molecule has 6 nitrogen and oxygen atoms in total. The van der Waals surface area contributed by atoms with Crippen molar-refractivity contribution in [2.75, 3.05) is 0 Å². The molecule has 0 aliphatic carbocycles. The Morgan fingerprint density at radius 3 is 1.81 bits per heavy atom. The molecule has 31 heavy (non-hydrogen) atoms. The van der Waals surface area contributed by atoms with Crippen LogP contribution in [0.5, 0.6) is 0 Å². The molecule has 0 saturated carbocycles. The van der Waals surface area contributed by atoms with Crippen LogP contribution in [-0.4, -0.2) is 25.5 Å². The summed E-state index contributed by atoms with van der Waals surface area (Å²) < 4.78 is 54.4. The predicted molar refractivity (Wildman–Crippen MR) is 120 cm³/mol. The van der Waals surface area contributed by atoms with Crippen LogP contribution in [0, 0.1) is 0 Å². The van der Waals surface area contributed by atoms with E-state index < -0.39 is 26.6 Å². The molecule has 0 aliphatic rings. The number of aromatic nitrogens is 1. The molecule has 0 fully saturated rings. The van der Waals surface area contributed by atoms with E-state index in [4.69, 9.17) is 11.6 Å². The van der Waals surface area contributed by atoms with Crippen LogP contribution in [0.1, 0.15) is 5.56 Å². The quantitative estimate of drug-likeness (QED) is 0.413. The monoisotopic (exact) mass is 472 g/mol. The molecule has 4 aromatic rings. The third kappa shape index (κ3) is 4.07. The van der Waals surface area contributed by atoms with E-state index in [1.54, 1.807) is 66.9 Å². The Bertz CT molecular complexity index is 1370. The molecular formula is C22H17ClN2O4S2. The number of fused-ring (bicyclic) bond motifs is 1. The van der Waals surface area contributed by atoms with Gasteiger partial charge in [-0.2, -0.15) is 0 Å². The topological polar surface area (TPSA) is 84.4 Å². The average molecular weight is 473 g/mol. The lowest BCUT2D eigenvalue weighted by Crippen LogP contribution is -2.36. The second kappa shape index (κ2) is 8.39. The molecule has 9 heteroatoms. The van der Waals surface area contributed by atoms with Crippen LogP contribution in [0.15, 0.2) is 101 Å². The maximum atomic E-state index is 13.5. The molecule has 0 atom stereocenters. The van der Waals surface area contributed by atoms with Gasteiger partial charge in [-0.05, 0) is 48.0 Å². The molecule has 3 aromatic carbocycles. The van der Waals surface area contributed by atoms with Gasteiger partial charge in [-0.3, -0.25) is 4.98 Å². The van der Waals surface area contributed by atoms with Crippen LogP contribution < -0.4 is 0 Å². The van der Waals surface area contributed by atoms with Crippen molar-refractivity contribution in [1.82, 2.24) is 8.69 Å². The van der Waals surface area contributed by atoms with E-state index in [0.29, 0.717) is 25.2 Å². The summed E-state index contributed by atoms with van der Waals surface area (Å²) in [6.45, 7) is -0.431. The molecule has 158 valence electrons. The molecule has 4 rings (SSSR count). The zero-order chi connectivity index (χ0) is 22.1. The van der Waals surface area contributed by atoms with E-state index in [9.17, 15) is 16.8 Å². The third-order valence-corrected chi connectivity index (χ3v) is 9.29. The Morgan fingerprint density at radius 1 is 0.710 bits per heavy atom. The summed E-state index contributed by atoms with van der Waals surface area (Å²) in [4.78, 5) is 4.06.